The molecule has 0 fully saturated rings. The van der Waals surface area contributed by atoms with Gasteiger partial charge in [-0.05, 0) is 99.0 Å². The van der Waals surface area contributed by atoms with Crippen LogP contribution in [0, 0.1) is 0 Å². The van der Waals surface area contributed by atoms with Crippen molar-refractivity contribution in [2.75, 3.05) is 26.2 Å². The second kappa shape index (κ2) is 12.6. The van der Waals surface area contributed by atoms with Gasteiger partial charge in [0.05, 0.1) is 12.3 Å². The zero-order valence-electron chi connectivity index (χ0n) is 22.8. The Balaban J connectivity index is 1.19. The van der Waals surface area contributed by atoms with Crippen molar-refractivity contribution in [1.82, 2.24) is 15.6 Å². The summed E-state index contributed by atoms with van der Waals surface area (Å²) in [5.41, 5.74) is 16.2. The van der Waals surface area contributed by atoms with Gasteiger partial charge in [0.25, 0.3) is 0 Å². The summed E-state index contributed by atoms with van der Waals surface area (Å²) in [6.07, 6.45) is 19.4. The first kappa shape index (κ1) is 26.5. The summed E-state index contributed by atoms with van der Waals surface area (Å²) in [6, 6.07) is 6.22. The van der Waals surface area contributed by atoms with E-state index in [1.807, 2.05) is 48.6 Å². The van der Waals surface area contributed by atoms with Crippen molar-refractivity contribution < 1.29 is 9.53 Å². The van der Waals surface area contributed by atoms with Gasteiger partial charge in [0.15, 0.2) is 0 Å². The normalized spacial score (nSPS) is 20.0. The molecule has 200 valence electrons. The van der Waals surface area contributed by atoms with E-state index in [0.29, 0.717) is 18.6 Å². The highest BCUT2D eigenvalue weighted by Crippen LogP contribution is 2.28. The van der Waals surface area contributed by atoms with Crippen LogP contribution in [-0.4, -0.2) is 48.8 Å². The standard InChI is InChI=1S/C33H36N4O2/c1-3-37(23-25-11-6-4-5-7-12-25)18-9-10-24(2)34-33(38)28-13-8-14-30-22-29(21-28)32(36-35-30)27-15-16-31-26(20-27)17-19-39-31/h4,6-8,11-12,14-16,20-21,24,35H,3,9-10,13,17-19,23H2,1-2H3,(H,34,38)/b14-8-,28-21+. The molecule has 0 radical (unpaired) electrons. The Morgan fingerprint density at radius 2 is 2.21 bits per heavy atom. The number of allylic oxidation sites excluding steroid dienone is 6. The molecule has 1 aromatic carbocycles. The number of hydrogen-bond donors (Lipinski definition) is 2. The Morgan fingerprint density at radius 1 is 1.28 bits per heavy atom. The van der Waals surface area contributed by atoms with Crippen LogP contribution in [0.3, 0.4) is 0 Å². The van der Waals surface area contributed by atoms with Gasteiger partial charge in [0.1, 0.15) is 11.5 Å². The van der Waals surface area contributed by atoms with E-state index in [4.69, 9.17) is 4.74 Å². The molecule has 4 aliphatic rings. The first-order chi connectivity index (χ1) is 19.1. The highest BCUT2D eigenvalue weighted by atomic mass is 16.5. The predicted molar refractivity (Wildman–Crippen MR) is 157 cm³/mol. The number of amides is 1. The van der Waals surface area contributed by atoms with Crippen LogP contribution < -0.4 is 15.5 Å². The molecule has 0 saturated heterocycles. The van der Waals surface area contributed by atoms with E-state index in [1.165, 1.54) is 11.1 Å². The highest BCUT2D eigenvalue weighted by Gasteiger charge is 2.21. The van der Waals surface area contributed by atoms with Gasteiger partial charge in [0, 0.05) is 35.7 Å². The number of ether oxygens (including phenoxy) is 1. The molecule has 6 heteroatoms. The molecule has 5 rings (SSSR count). The Hall–Kier alpha value is -4.08. The maximum Gasteiger partial charge on any atom is 0.247 e. The van der Waals surface area contributed by atoms with Crippen LogP contribution in [0.25, 0.3) is 0 Å². The minimum atomic E-state index is -0.0366. The number of carbonyl (C=O) groups excluding carboxylic acids is 1. The van der Waals surface area contributed by atoms with E-state index < -0.39 is 0 Å². The lowest BCUT2D eigenvalue weighted by Gasteiger charge is -2.22. The molecule has 1 amide bonds. The number of fused-ring (bicyclic) bond motifs is 1. The number of hydrogen-bond acceptors (Lipinski definition) is 5. The lowest BCUT2D eigenvalue weighted by molar-refractivity contribution is -0.118. The van der Waals surface area contributed by atoms with E-state index in [2.05, 4.69) is 64.3 Å². The third-order valence-electron chi connectivity index (χ3n) is 7.25. The summed E-state index contributed by atoms with van der Waals surface area (Å²) >= 11 is 0. The van der Waals surface area contributed by atoms with Crippen LogP contribution in [0.2, 0.25) is 0 Å². The number of carbonyl (C=O) groups is 1. The molecule has 2 N–H and O–H groups in total. The molecular formula is C33H36N4O2. The minimum Gasteiger partial charge on any atom is -0.493 e. The second-order valence-electron chi connectivity index (χ2n) is 10.2. The quantitative estimate of drug-likeness (QED) is 0.425. The Bertz CT molecular complexity index is 1410. The third kappa shape index (κ3) is 6.87. The molecular weight excluding hydrogens is 484 g/mol. The Labute approximate surface area is 231 Å². The highest BCUT2D eigenvalue weighted by molar-refractivity contribution is 6.15. The third-order valence-corrected chi connectivity index (χ3v) is 7.25. The van der Waals surface area contributed by atoms with E-state index in [1.54, 1.807) is 0 Å². The fourth-order valence-corrected chi connectivity index (χ4v) is 5.06. The van der Waals surface area contributed by atoms with E-state index in [-0.39, 0.29) is 11.9 Å². The van der Waals surface area contributed by atoms with Gasteiger partial charge in [-0.1, -0.05) is 30.9 Å². The Kier molecular flexibility index (Phi) is 8.60. The molecule has 6 nitrogen and oxygen atoms in total. The smallest absolute Gasteiger partial charge is 0.247 e. The van der Waals surface area contributed by atoms with Gasteiger partial charge in [-0.2, -0.15) is 5.10 Å². The zero-order valence-corrected chi connectivity index (χ0v) is 22.8. The molecule has 39 heavy (non-hydrogen) atoms. The fraction of sp³-hybridized carbons (Fsp3) is 0.333. The number of hydrazone groups is 1. The van der Waals surface area contributed by atoms with Crippen LogP contribution in [0.4, 0.5) is 0 Å². The van der Waals surface area contributed by atoms with Crippen LogP contribution in [0.15, 0.2) is 106 Å². The molecule has 2 aliphatic heterocycles. The van der Waals surface area contributed by atoms with Gasteiger partial charge < -0.3 is 10.1 Å². The average Bonchev–Trinajstić information content (AvgIpc) is 3.25. The van der Waals surface area contributed by atoms with Crippen molar-refractivity contribution >= 4 is 11.6 Å². The van der Waals surface area contributed by atoms with E-state index in [0.717, 1.165) is 67.2 Å². The maximum atomic E-state index is 13.3. The van der Waals surface area contributed by atoms with Crippen molar-refractivity contribution in [3.8, 4) is 5.75 Å². The first-order valence-electron chi connectivity index (χ1n) is 13.9. The van der Waals surface area contributed by atoms with Crippen LogP contribution in [0.1, 0.15) is 44.2 Å². The van der Waals surface area contributed by atoms with Crippen molar-refractivity contribution in [1.29, 1.82) is 0 Å². The van der Waals surface area contributed by atoms with Gasteiger partial charge in [0.2, 0.25) is 5.91 Å². The summed E-state index contributed by atoms with van der Waals surface area (Å²) in [5, 5.41) is 7.84. The summed E-state index contributed by atoms with van der Waals surface area (Å²) < 4.78 is 5.66. The number of nitrogens with zero attached hydrogens (tertiary/aromatic N) is 2. The van der Waals surface area contributed by atoms with Crippen molar-refractivity contribution in [2.45, 2.75) is 45.6 Å². The Morgan fingerprint density at radius 3 is 3.10 bits per heavy atom. The van der Waals surface area contributed by atoms with Crippen LogP contribution in [-0.2, 0) is 11.2 Å². The number of benzene rings is 1. The number of rotatable bonds is 10. The maximum absolute atomic E-state index is 13.3. The summed E-state index contributed by atoms with van der Waals surface area (Å²) in [5.74, 6) is 0.902. The van der Waals surface area contributed by atoms with Crippen molar-refractivity contribution in [3.05, 3.63) is 112 Å². The molecule has 1 aromatic rings. The topological polar surface area (TPSA) is 66.0 Å². The lowest BCUT2D eigenvalue weighted by atomic mass is 9.95. The average molecular weight is 521 g/mol. The predicted octanol–water partition coefficient (Wildman–Crippen LogP) is 5.04. The second-order valence-corrected chi connectivity index (χ2v) is 10.2. The van der Waals surface area contributed by atoms with Crippen molar-refractivity contribution in [3.63, 3.8) is 0 Å². The largest absolute Gasteiger partial charge is 0.493 e. The molecule has 0 saturated carbocycles. The molecule has 1 unspecified atom stereocenters. The number of nitrogens with one attached hydrogen (secondary N) is 2. The summed E-state index contributed by atoms with van der Waals surface area (Å²) in [6.45, 7) is 7.89. The van der Waals surface area contributed by atoms with Gasteiger partial charge >= 0.3 is 0 Å². The molecule has 1 atom stereocenters. The molecule has 0 aromatic heterocycles. The lowest BCUT2D eigenvalue weighted by Crippen LogP contribution is -2.35. The zero-order chi connectivity index (χ0) is 27.0. The molecule has 2 heterocycles. The van der Waals surface area contributed by atoms with Crippen LogP contribution >= 0.6 is 0 Å². The SMILES string of the molecule is CCN(CCCC(C)NC(=O)/C1=C/C2=C=C(/C=C\C1)NN=C2c1ccc2c(c1)CCO2)CC1=CC=C=CC=C1. The van der Waals surface area contributed by atoms with Gasteiger partial charge in [-0.15, -0.1) is 5.73 Å². The summed E-state index contributed by atoms with van der Waals surface area (Å²) in [7, 11) is 0. The van der Waals surface area contributed by atoms with E-state index in [9.17, 15) is 4.79 Å². The summed E-state index contributed by atoms with van der Waals surface area (Å²) in [4.78, 5) is 15.7. The van der Waals surface area contributed by atoms with Crippen LogP contribution in [0.5, 0.6) is 5.75 Å². The van der Waals surface area contributed by atoms with Gasteiger partial charge in [-0.25, -0.2) is 0 Å². The first-order valence-corrected chi connectivity index (χ1v) is 13.9. The van der Waals surface area contributed by atoms with E-state index >= 15 is 0 Å². The van der Waals surface area contributed by atoms with Gasteiger partial charge in [-0.3, -0.25) is 15.1 Å². The minimum absolute atomic E-state index is 0.0366. The van der Waals surface area contributed by atoms with Crippen molar-refractivity contribution in [2.24, 2.45) is 5.10 Å². The number of likely N-dealkylation sites (N-methyl/N-ethyl adjacent to an activating group) is 1. The molecule has 2 bridgehead atoms. The molecule has 0 spiro atoms. The fourth-order valence-electron chi connectivity index (χ4n) is 5.06. The monoisotopic (exact) mass is 520 g/mol. The molecule has 2 aliphatic carbocycles.